The van der Waals surface area contributed by atoms with Crippen LogP contribution in [0.2, 0.25) is 0 Å². The predicted octanol–water partition coefficient (Wildman–Crippen LogP) is 3.53. The number of allylic oxidation sites excluding steroid dienone is 1. The van der Waals surface area contributed by atoms with Crippen LogP contribution in [0.5, 0.6) is 0 Å². The highest BCUT2D eigenvalue weighted by Gasteiger charge is 2.29. The Hall–Kier alpha value is -2.57. The largest absolute Gasteiger partial charge is 0.389 e. The molecule has 2 amide bonds. The zero-order valence-corrected chi connectivity index (χ0v) is 19.4. The summed E-state index contributed by atoms with van der Waals surface area (Å²) in [4.78, 5) is 28.1. The average molecular weight is 444 g/mol. The van der Waals surface area contributed by atoms with Gasteiger partial charge in [-0.2, -0.15) is 0 Å². The molecule has 2 atom stereocenters. The normalized spacial score (nSPS) is 20.0. The summed E-state index contributed by atoms with van der Waals surface area (Å²) in [6, 6.07) is 5.36. The van der Waals surface area contributed by atoms with Gasteiger partial charge in [-0.25, -0.2) is 0 Å². The quantitative estimate of drug-likeness (QED) is 0.312. The Balaban J connectivity index is 2.16. The van der Waals surface area contributed by atoms with Crippen molar-refractivity contribution < 1.29 is 14.7 Å². The maximum Gasteiger partial charge on any atom is 0.268 e. The Labute approximate surface area is 187 Å². The van der Waals surface area contributed by atoms with Gasteiger partial charge in [0.1, 0.15) is 11.7 Å². The lowest BCUT2D eigenvalue weighted by atomic mass is 9.86. The molecule has 0 spiro atoms. The number of rotatable bonds is 6. The minimum atomic E-state index is -1.02. The molecular formula is C24H30ClN3O3. The fourth-order valence-corrected chi connectivity index (χ4v) is 3.67. The molecule has 7 heteroatoms. The second-order valence-corrected chi connectivity index (χ2v) is 9.81. The summed E-state index contributed by atoms with van der Waals surface area (Å²) in [6.45, 7) is 13.0. The second-order valence-electron chi connectivity index (χ2n) is 9.29. The van der Waals surface area contributed by atoms with Gasteiger partial charge in [0.05, 0.1) is 11.0 Å². The van der Waals surface area contributed by atoms with Crippen molar-refractivity contribution in [3.8, 4) is 0 Å². The molecule has 1 aliphatic rings. The molecule has 4 N–H and O–H groups in total. The minimum Gasteiger partial charge on any atom is -0.389 e. The molecule has 31 heavy (non-hydrogen) atoms. The lowest BCUT2D eigenvalue weighted by Crippen LogP contribution is -2.53. The summed E-state index contributed by atoms with van der Waals surface area (Å²) in [5.74, 6) is -0.589. The SMILES string of the molecule is C=CC(C)(C)c1[nH]c2ccc(C[C@@H](Cl)C(C)(C)O)cc2c1/C=C1\NC(=O)[C@H](C)NC1=O. The van der Waals surface area contributed by atoms with Crippen molar-refractivity contribution in [3.05, 3.63) is 53.4 Å². The van der Waals surface area contributed by atoms with Crippen LogP contribution >= 0.6 is 11.6 Å². The molecular weight excluding hydrogens is 414 g/mol. The van der Waals surface area contributed by atoms with Gasteiger partial charge in [-0.15, -0.1) is 18.2 Å². The van der Waals surface area contributed by atoms with Crippen LogP contribution in [0.1, 0.15) is 51.4 Å². The molecule has 1 fully saturated rings. The summed E-state index contributed by atoms with van der Waals surface area (Å²) in [5.41, 5.74) is 2.31. The lowest BCUT2D eigenvalue weighted by Gasteiger charge is -2.24. The highest BCUT2D eigenvalue weighted by atomic mass is 35.5. The molecule has 3 rings (SSSR count). The van der Waals surface area contributed by atoms with E-state index in [4.69, 9.17) is 11.6 Å². The van der Waals surface area contributed by atoms with E-state index in [0.29, 0.717) is 6.42 Å². The van der Waals surface area contributed by atoms with E-state index in [0.717, 1.165) is 27.7 Å². The molecule has 2 aromatic rings. The van der Waals surface area contributed by atoms with Crippen molar-refractivity contribution in [2.45, 2.75) is 63.5 Å². The van der Waals surface area contributed by atoms with Gasteiger partial charge in [0.25, 0.3) is 5.91 Å². The Morgan fingerprint density at radius 1 is 1.26 bits per heavy atom. The predicted molar refractivity (Wildman–Crippen MR) is 125 cm³/mol. The van der Waals surface area contributed by atoms with Gasteiger partial charge in [0, 0.05) is 27.6 Å². The van der Waals surface area contributed by atoms with Crippen LogP contribution in [-0.4, -0.2) is 38.9 Å². The van der Waals surface area contributed by atoms with E-state index in [1.807, 2.05) is 38.1 Å². The molecule has 166 valence electrons. The molecule has 2 heterocycles. The molecule has 0 saturated carbocycles. The smallest absolute Gasteiger partial charge is 0.268 e. The highest BCUT2D eigenvalue weighted by molar-refractivity contribution is 6.21. The molecule has 1 aromatic heterocycles. The number of amides is 2. The number of aromatic nitrogens is 1. The van der Waals surface area contributed by atoms with Crippen molar-refractivity contribution in [1.82, 2.24) is 15.6 Å². The topological polar surface area (TPSA) is 94.2 Å². The summed E-state index contributed by atoms with van der Waals surface area (Å²) >= 11 is 6.40. The number of hydrogen-bond donors (Lipinski definition) is 4. The Morgan fingerprint density at radius 2 is 1.94 bits per heavy atom. The molecule has 0 bridgehead atoms. The Bertz CT molecular complexity index is 1080. The van der Waals surface area contributed by atoms with Gasteiger partial charge in [0.2, 0.25) is 5.91 Å². The molecule has 1 aliphatic heterocycles. The average Bonchev–Trinajstić information content (AvgIpc) is 3.04. The Morgan fingerprint density at radius 3 is 2.55 bits per heavy atom. The van der Waals surface area contributed by atoms with Gasteiger partial charge in [-0.1, -0.05) is 26.0 Å². The zero-order valence-electron chi connectivity index (χ0n) is 18.6. The molecule has 1 aromatic carbocycles. The first-order valence-electron chi connectivity index (χ1n) is 10.3. The van der Waals surface area contributed by atoms with E-state index in [9.17, 15) is 14.7 Å². The van der Waals surface area contributed by atoms with Crippen LogP contribution in [0.3, 0.4) is 0 Å². The van der Waals surface area contributed by atoms with Crippen LogP contribution in [0.15, 0.2) is 36.6 Å². The molecule has 6 nitrogen and oxygen atoms in total. The summed E-state index contributed by atoms with van der Waals surface area (Å²) < 4.78 is 0. The van der Waals surface area contributed by atoms with Crippen molar-refractivity contribution in [2.75, 3.05) is 0 Å². The number of hydrogen-bond acceptors (Lipinski definition) is 3. The third-order valence-electron chi connectivity index (χ3n) is 5.77. The fraction of sp³-hybridized carbons (Fsp3) is 0.417. The van der Waals surface area contributed by atoms with E-state index >= 15 is 0 Å². The first-order valence-corrected chi connectivity index (χ1v) is 10.8. The van der Waals surface area contributed by atoms with Crippen LogP contribution in [0.25, 0.3) is 17.0 Å². The number of alkyl halides is 1. The maximum absolute atomic E-state index is 12.5. The first kappa shape index (κ1) is 23.1. The van der Waals surface area contributed by atoms with Crippen molar-refractivity contribution in [3.63, 3.8) is 0 Å². The molecule has 1 saturated heterocycles. The number of halogens is 1. The van der Waals surface area contributed by atoms with E-state index in [2.05, 4.69) is 22.2 Å². The molecule has 0 aliphatic carbocycles. The van der Waals surface area contributed by atoms with Crippen molar-refractivity contribution >= 4 is 40.4 Å². The Kier molecular flexibility index (Phi) is 6.09. The monoisotopic (exact) mass is 443 g/mol. The fourth-order valence-electron chi connectivity index (χ4n) is 3.49. The minimum absolute atomic E-state index is 0.197. The number of carbonyl (C=O) groups is 2. The lowest BCUT2D eigenvalue weighted by molar-refractivity contribution is -0.130. The van der Waals surface area contributed by atoms with Gasteiger partial charge in [-0.3, -0.25) is 9.59 Å². The zero-order chi connectivity index (χ0) is 23.1. The summed E-state index contributed by atoms with van der Waals surface area (Å²) in [7, 11) is 0. The van der Waals surface area contributed by atoms with E-state index in [-0.39, 0.29) is 17.5 Å². The molecule has 0 radical (unpaired) electrons. The van der Waals surface area contributed by atoms with Crippen LogP contribution < -0.4 is 10.6 Å². The standard InChI is InChI=1S/C24H30ClN3O3/c1-7-23(3,4)20-16(12-18-22(30)26-13(2)21(29)28-18)15-10-14(8-9-17(15)27-20)11-19(25)24(5,6)31/h7-10,12-13,19,27,31H,1,11H2,2-6H3,(H,26,30)(H,28,29)/b18-12-/t13-,19+/m0/s1. The number of H-pyrrole nitrogens is 1. The number of fused-ring (bicyclic) bond motifs is 1. The molecule has 0 unspecified atom stereocenters. The number of aliphatic hydroxyl groups is 1. The maximum atomic E-state index is 12.5. The third-order valence-corrected chi connectivity index (χ3v) is 6.46. The number of nitrogens with one attached hydrogen (secondary N) is 3. The van der Waals surface area contributed by atoms with Crippen molar-refractivity contribution in [1.29, 1.82) is 0 Å². The van der Waals surface area contributed by atoms with Crippen LogP contribution in [0.4, 0.5) is 0 Å². The first-order chi connectivity index (χ1) is 14.3. The van der Waals surface area contributed by atoms with E-state index in [1.165, 1.54) is 0 Å². The van der Waals surface area contributed by atoms with Gasteiger partial charge in [0.15, 0.2) is 0 Å². The van der Waals surface area contributed by atoms with E-state index < -0.39 is 22.4 Å². The highest BCUT2D eigenvalue weighted by Crippen LogP contribution is 2.35. The third kappa shape index (κ3) is 4.70. The van der Waals surface area contributed by atoms with Crippen molar-refractivity contribution in [2.24, 2.45) is 0 Å². The second kappa shape index (κ2) is 8.17. The number of carbonyl (C=O) groups excluding carboxylic acids is 2. The van der Waals surface area contributed by atoms with E-state index in [1.54, 1.807) is 26.8 Å². The number of aromatic amines is 1. The van der Waals surface area contributed by atoms with Gasteiger partial charge >= 0.3 is 0 Å². The number of piperazine rings is 1. The van der Waals surface area contributed by atoms with Gasteiger partial charge < -0.3 is 20.7 Å². The van der Waals surface area contributed by atoms with Crippen LogP contribution in [0, 0.1) is 0 Å². The summed E-state index contributed by atoms with van der Waals surface area (Å²) in [6.07, 6.45) is 4.03. The van der Waals surface area contributed by atoms with Crippen LogP contribution in [-0.2, 0) is 21.4 Å². The van der Waals surface area contributed by atoms with Gasteiger partial charge in [-0.05, 0) is 51.0 Å². The summed E-state index contributed by atoms with van der Waals surface area (Å²) in [5, 5.41) is 16.0. The number of benzene rings is 1.